The fraction of sp³-hybridized carbons (Fsp3) is 0.429. The van der Waals surface area contributed by atoms with Gasteiger partial charge >= 0.3 is 0 Å². The van der Waals surface area contributed by atoms with Gasteiger partial charge in [-0.25, -0.2) is 4.98 Å². The van der Waals surface area contributed by atoms with Crippen LogP contribution in [-0.4, -0.2) is 15.4 Å². The van der Waals surface area contributed by atoms with Crippen molar-refractivity contribution in [2.45, 2.75) is 48.4 Å². The van der Waals surface area contributed by atoms with Crippen LogP contribution in [0.1, 0.15) is 31.7 Å². The Morgan fingerprint density at radius 1 is 1.40 bits per heavy atom. The summed E-state index contributed by atoms with van der Waals surface area (Å²) in [5.41, 5.74) is 7.36. The molecule has 6 heteroatoms. The number of nitrogens with two attached hydrogens (primary N) is 1. The Morgan fingerprint density at radius 2 is 2.20 bits per heavy atom. The van der Waals surface area contributed by atoms with Crippen molar-refractivity contribution in [3.63, 3.8) is 0 Å². The number of hydrogen-bond acceptors (Lipinski definition) is 5. The van der Waals surface area contributed by atoms with Gasteiger partial charge < -0.3 is 5.73 Å². The summed E-state index contributed by atoms with van der Waals surface area (Å²) >= 11 is 6.67. The van der Waals surface area contributed by atoms with Crippen LogP contribution in [0.25, 0.3) is 0 Å². The molecule has 0 fully saturated rings. The molecule has 20 heavy (non-hydrogen) atoms. The predicted octanol–water partition coefficient (Wildman–Crippen LogP) is 4.29. The van der Waals surface area contributed by atoms with E-state index >= 15 is 0 Å². The second-order valence-corrected chi connectivity index (χ2v) is 7.51. The minimum Gasteiger partial charge on any atom is -0.327 e. The topological polar surface area (TPSA) is 51.8 Å². The van der Waals surface area contributed by atoms with Crippen LogP contribution in [0.15, 0.2) is 31.9 Å². The summed E-state index contributed by atoms with van der Waals surface area (Å²) in [6.07, 6.45) is 2.76. The van der Waals surface area contributed by atoms with E-state index in [9.17, 15) is 0 Å². The number of nitrogens with zero attached hydrogens (tertiary/aromatic N) is 2. The van der Waals surface area contributed by atoms with E-state index in [2.05, 4.69) is 57.3 Å². The molecule has 1 aromatic heterocycles. The van der Waals surface area contributed by atoms with Crippen LogP contribution in [0.5, 0.6) is 0 Å². The first-order valence-corrected chi connectivity index (χ1v) is 9.05. The summed E-state index contributed by atoms with van der Waals surface area (Å²) in [4.78, 5) is 5.73. The van der Waals surface area contributed by atoms with Crippen LogP contribution in [0.2, 0.25) is 0 Å². The fourth-order valence-electron chi connectivity index (χ4n) is 1.74. The normalized spacial score (nSPS) is 12.6. The molecule has 108 valence electrons. The van der Waals surface area contributed by atoms with Crippen molar-refractivity contribution < 1.29 is 0 Å². The molecular weight excluding hydrogens is 354 g/mol. The maximum atomic E-state index is 6.08. The Kier molecular flexibility index (Phi) is 6.01. The van der Waals surface area contributed by atoms with Crippen molar-refractivity contribution in [2.24, 2.45) is 5.73 Å². The molecule has 0 saturated carbocycles. The third-order valence-electron chi connectivity index (χ3n) is 3.00. The number of hydrogen-bond donors (Lipinski definition) is 1. The highest BCUT2D eigenvalue weighted by Crippen LogP contribution is 2.34. The molecule has 0 radical (unpaired) electrons. The summed E-state index contributed by atoms with van der Waals surface area (Å²) in [6.45, 7) is 4.19. The zero-order chi connectivity index (χ0) is 14.5. The van der Waals surface area contributed by atoms with Crippen molar-refractivity contribution in [3.05, 3.63) is 34.1 Å². The number of benzene rings is 1. The lowest BCUT2D eigenvalue weighted by molar-refractivity contribution is 0.641. The van der Waals surface area contributed by atoms with Gasteiger partial charge in [0.15, 0.2) is 4.34 Å². The number of aryl methyl sites for hydroxylation is 1. The van der Waals surface area contributed by atoms with E-state index in [4.69, 9.17) is 5.73 Å². The summed E-state index contributed by atoms with van der Waals surface area (Å²) in [5, 5.41) is 0. The van der Waals surface area contributed by atoms with E-state index in [1.807, 2.05) is 0 Å². The van der Waals surface area contributed by atoms with Gasteiger partial charge in [-0.1, -0.05) is 47.6 Å². The van der Waals surface area contributed by atoms with E-state index < -0.39 is 0 Å². The third-order valence-corrected chi connectivity index (χ3v) is 5.38. The summed E-state index contributed by atoms with van der Waals surface area (Å²) in [5.74, 6) is 0.916. The predicted molar refractivity (Wildman–Crippen MR) is 89.5 cm³/mol. The van der Waals surface area contributed by atoms with Gasteiger partial charge in [-0.05, 0) is 42.1 Å². The van der Waals surface area contributed by atoms with Gasteiger partial charge in [0.2, 0.25) is 0 Å². The molecule has 2 N–H and O–H groups in total. The van der Waals surface area contributed by atoms with Gasteiger partial charge in [0, 0.05) is 21.8 Å². The maximum absolute atomic E-state index is 6.08. The fourth-order valence-corrected chi connectivity index (χ4v) is 4.09. The molecule has 0 spiro atoms. The van der Waals surface area contributed by atoms with Gasteiger partial charge in [-0.2, -0.15) is 4.37 Å². The van der Waals surface area contributed by atoms with Crippen LogP contribution in [0.4, 0.5) is 0 Å². The van der Waals surface area contributed by atoms with Crippen LogP contribution < -0.4 is 5.73 Å². The molecule has 1 atom stereocenters. The molecule has 0 aliphatic heterocycles. The Bertz CT molecular complexity index is 571. The zero-order valence-electron chi connectivity index (χ0n) is 11.6. The molecule has 0 aliphatic carbocycles. The first-order chi connectivity index (χ1) is 9.62. The molecule has 0 aliphatic rings. The van der Waals surface area contributed by atoms with Crippen molar-refractivity contribution >= 4 is 39.2 Å². The summed E-state index contributed by atoms with van der Waals surface area (Å²) in [7, 11) is 0. The van der Waals surface area contributed by atoms with Gasteiger partial charge in [0.05, 0.1) is 0 Å². The van der Waals surface area contributed by atoms with Crippen molar-refractivity contribution in [2.75, 3.05) is 0 Å². The molecular formula is C14H18BrN3S2. The van der Waals surface area contributed by atoms with Crippen LogP contribution in [0, 0.1) is 0 Å². The number of aromatic nitrogens is 2. The molecule has 0 bridgehead atoms. The minimum absolute atomic E-state index is 0.205. The van der Waals surface area contributed by atoms with Crippen molar-refractivity contribution in [1.82, 2.24) is 9.36 Å². The van der Waals surface area contributed by atoms with E-state index in [1.165, 1.54) is 22.0 Å². The molecule has 0 saturated heterocycles. The quantitative estimate of drug-likeness (QED) is 0.822. The Balaban J connectivity index is 2.22. The SMILES string of the molecule is CCc1nsc(Sc2cc(Br)ccc2CC(N)CC)n1. The van der Waals surface area contributed by atoms with Crippen molar-refractivity contribution in [3.8, 4) is 0 Å². The standard InChI is InChI=1S/C14H18BrN3S2/c1-3-11(16)7-9-5-6-10(15)8-12(9)19-14-17-13(4-2)18-20-14/h5-6,8,11H,3-4,7,16H2,1-2H3. The summed E-state index contributed by atoms with van der Waals surface area (Å²) in [6, 6.07) is 6.55. The highest BCUT2D eigenvalue weighted by Gasteiger charge is 2.11. The van der Waals surface area contributed by atoms with E-state index in [0.29, 0.717) is 0 Å². The molecule has 2 aromatic rings. The Morgan fingerprint density at radius 3 is 2.85 bits per heavy atom. The molecule has 1 aromatic carbocycles. The first kappa shape index (κ1) is 15.9. The van der Waals surface area contributed by atoms with E-state index in [1.54, 1.807) is 11.8 Å². The van der Waals surface area contributed by atoms with Crippen LogP contribution in [0.3, 0.4) is 0 Å². The molecule has 2 rings (SSSR count). The average Bonchev–Trinajstić information content (AvgIpc) is 2.89. The Labute approximate surface area is 136 Å². The average molecular weight is 372 g/mol. The highest BCUT2D eigenvalue weighted by atomic mass is 79.9. The second kappa shape index (κ2) is 7.54. The maximum Gasteiger partial charge on any atom is 0.174 e. The van der Waals surface area contributed by atoms with Crippen molar-refractivity contribution in [1.29, 1.82) is 0 Å². The van der Waals surface area contributed by atoms with Gasteiger partial charge in [-0.3, -0.25) is 0 Å². The van der Waals surface area contributed by atoms with E-state index in [-0.39, 0.29) is 6.04 Å². The molecule has 3 nitrogen and oxygen atoms in total. The number of rotatable bonds is 6. The largest absolute Gasteiger partial charge is 0.327 e. The Hall–Kier alpha value is -0.430. The zero-order valence-corrected chi connectivity index (χ0v) is 14.8. The van der Waals surface area contributed by atoms with Crippen LogP contribution >= 0.6 is 39.2 Å². The lowest BCUT2D eigenvalue weighted by Gasteiger charge is -2.12. The van der Waals surface area contributed by atoms with Gasteiger partial charge in [0.1, 0.15) is 5.82 Å². The van der Waals surface area contributed by atoms with Gasteiger partial charge in [-0.15, -0.1) is 0 Å². The van der Waals surface area contributed by atoms with Crippen LogP contribution in [-0.2, 0) is 12.8 Å². The molecule has 1 heterocycles. The smallest absolute Gasteiger partial charge is 0.174 e. The monoisotopic (exact) mass is 371 g/mol. The minimum atomic E-state index is 0.205. The van der Waals surface area contributed by atoms with E-state index in [0.717, 1.165) is 33.9 Å². The van der Waals surface area contributed by atoms with Gasteiger partial charge in [0.25, 0.3) is 0 Å². The molecule has 1 unspecified atom stereocenters. The first-order valence-electron chi connectivity index (χ1n) is 6.66. The molecule has 0 amide bonds. The lowest BCUT2D eigenvalue weighted by Crippen LogP contribution is -2.21. The highest BCUT2D eigenvalue weighted by molar-refractivity contribution is 9.10. The number of halogens is 1. The second-order valence-electron chi connectivity index (χ2n) is 4.56. The lowest BCUT2D eigenvalue weighted by atomic mass is 10.1. The summed E-state index contributed by atoms with van der Waals surface area (Å²) < 4.78 is 6.40. The third kappa shape index (κ3) is 4.28.